The minimum absolute atomic E-state index is 0.00520. The molecule has 0 amide bonds. The summed E-state index contributed by atoms with van der Waals surface area (Å²) in [5.41, 5.74) is 2.39. The second kappa shape index (κ2) is 6.31. The molecular formula is C17H24N4. The van der Waals surface area contributed by atoms with Gasteiger partial charge < -0.3 is 0 Å². The molecule has 2 aromatic heterocycles. The third kappa shape index (κ3) is 4.08. The van der Waals surface area contributed by atoms with E-state index in [1.165, 1.54) is 5.56 Å². The van der Waals surface area contributed by atoms with Crippen LogP contribution in [-0.2, 0) is 12.0 Å². The van der Waals surface area contributed by atoms with E-state index in [2.05, 4.69) is 66.7 Å². The highest BCUT2D eigenvalue weighted by atomic mass is 15.1. The minimum Gasteiger partial charge on any atom is -0.295 e. The lowest BCUT2D eigenvalue weighted by Gasteiger charge is -2.25. The van der Waals surface area contributed by atoms with E-state index >= 15 is 0 Å². The van der Waals surface area contributed by atoms with Gasteiger partial charge in [0.1, 0.15) is 5.82 Å². The summed E-state index contributed by atoms with van der Waals surface area (Å²) in [6.45, 7) is 9.40. The lowest BCUT2D eigenvalue weighted by molar-refractivity contribution is 0.252. The summed E-state index contributed by atoms with van der Waals surface area (Å²) in [5.74, 6) is 0.885. The van der Waals surface area contributed by atoms with Gasteiger partial charge in [-0.05, 0) is 31.7 Å². The number of pyridine rings is 1. The van der Waals surface area contributed by atoms with Crippen molar-refractivity contribution in [3.05, 3.63) is 53.9 Å². The van der Waals surface area contributed by atoms with Crippen molar-refractivity contribution in [2.75, 3.05) is 7.05 Å². The van der Waals surface area contributed by atoms with Gasteiger partial charge in [-0.15, -0.1) is 0 Å². The number of nitrogens with zero attached hydrogens (tertiary/aromatic N) is 4. The predicted octanol–water partition coefficient (Wildman–Crippen LogP) is 3.36. The molecule has 0 aromatic carbocycles. The zero-order valence-corrected chi connectivity index (χ0v) is 13.5. The number of hydrogen-bond donors (Lipinski definition) is 0. The molecule has 0 aliphatic carbocycles. The molecule has 2 heterocycles. The van der Waals surface area contributed by atoms with Crippen molar-refractivity contribution in [1.82, 2.24) is 19.9 Å². The topological polar surface area (TPSA) is 41.9 Å². The summed E-state index contributed by atoms with van der Waals surface area (Å²) in [5, 5.41) is 0. The fourth-order valence-corrected chi connectivity index (χ4v) is 2.15. The molecule has 0 saturated heterocycles. The monoisotopic (exact) mass is 284 g/mol. The molecule has 1 unspecified atom stereocenters. The Morgan fingerprint density at radius 3 is 2.19 bits per heavy atom. The van der Waals surface area contributed by atoms with E-state index in [1.807, 2.05) is 24.8 Å². The molecule has 0 fully saturated rings. The van der Waals surface area contributed by atoms with Crippen LogP contribution >= 0.6 is 0 Å². The highest BCUT2D eigenvalue weighted by Crippen LogP contribution is 2.21. The Hall–Kier alpha value is -1.81. The molecule has 0 radical (unpaired) electrons. The Kier molecular flexibility index (Phi) is 4.68. The maximum absolute atomic E-state index is 4.49. The number of aromatic nitrogens is 3. The minimum atomic E-state index is -0.00520. The molecule has 0 N–H and O–H groups in total. The van der Waals surface area contributed by atoms with E-state index in [0.29, 0.717) is 6.04 Å². The van der Waals surface area contributed by atoms with Crippen molar-refractivity contribution in [2.24, 2.45) is 0 Å². The van der Waals surface area contributed by atoms with E-state index in [0.717, 1.165) is 17.9 Å². The Bertz CT molecular complexity index is 558. The Balaban J connectivity index is 2.04. The van der Waals surface area contributed by atoms with Gasteiger partial charge in [-0.3, -0.25) is 9.88 Å². The van der Waals surface area contributed by atoms with Gasteiger partial charge in [0, 0.05) is 48.4 Å². The highest BCUT2D eigenvalue weighted by Gasteiger charge is 2.17. The molecule has 21 heavy (non-hydrogen) atoms. The lowest BCUT2D eigenvalue weighted by Crippen LogP contribution is -2.23. The largest absolute Gasteiger partial charge is 0.295 e. The van der Waals surface area contributed by atoms with Crippen LogP contribution in [0.2, 0.25) is 0 Å². The fraction of sp³-hybridized carbons (Fsp3) is 0.471. The standard InChI is InChI=1S/C17H24N4/c1-13(15-6-8-18-9-7-15)21(5)12-14-10-19-16(20-11-14)17(2,3)4/h6-11,13H,12H2,1-5H3. The maximum atomic E-state index is 4.49. The Labute approximate surface area is 127 Å². The molecule has 0 bridgehead atoms. The second-order valence-electron chi connectivity index (χ2n) is 6.54. The summed E-state index contributed by atoms with van der Waals surface area (Å²) in [7, 11) is 2.11. The SMILES string of the molecule is CC(c1ccncc1)N(C)Cc1cnc(C(C)(C)C)nc1. The molecule has 0 aliphatic rings. The van der Waals surface area contributed by atoms with E-state index in [-0.39, 0.29) is 5.41 Å². The molecule has 0 saturated carbocycles. The van der Waals surface area contributed by atoms with Gasteiger partial charge in [0.05, 0.1) is 0 Å². The summed E-state index contributed by atoms with van der Waals surface area (Å²) < 4.78 is 0. The fourth-order valence-electron chi connectivity index (χ4n) is 2.15. The maximum Gasteiger partial charge on any atom is 0.133 e. The first kappa shape index (κ1) is 15.6. The zero-order valence-electron chi connectivity index (χ0n) is 13.5. The molecule has 4 nitrogen and oxygen atoms in total. The van der Waals surface area contributed by atoms with Gasteiger partial charge in [-0.1, -0.05) is 20.8 Å². The number of rotatable bonds is 4. The Morgan fingerprint density at radius 2 is 1.67 bits per heavy atom. The van der Waals surface area contributed by atoms with Crippen molar-refractivity contribution < 1.29 is 0 Å². The average Bonchev–Trinajstić information content (AvgIpc) is 2.47. The number of hydrogen-bond acceptors (Lipinski definition) is 4. The molecule has 112 valence electrons. The van der Waals surface area contributed by atoms with Crippen molar-refractivity contribution in [3.8, 4) is 0 Å². The molecule has 0 aliphatic heterocycles. The molecule has 4 heteroatoms. The van der Waals surface area contributed by atoms with E-state index in [4.69, 9.17) is 0 Å². The van der Waals surface area contributed by atoms with Crippen molar-refractivity contribution in [2.45, 2.75) is 45.7 Å². The average molecular weight is 284 g/mol. The van der Waals surface area contributed by atoms with E-state index < -0.39 is 0 Å². The van der Waals surface area contributed by atoms with Gasteiger partial charge in [-0.2, -0.15) is 0 Å². The van der Waals surface area contributed by atoms with Crippen LogP contribution in [0.4, 0.5) is 0 Å². The van der Waals surface area contributed by atoms with Gasteiger partial charge in [0.2, 0.25) is 0 Å². The molecule has 2 rings (SSSR count). The second-order valence-corrected chi connectivity index (χ2v) is 6.54. The molecule has 1 atom stereocenters. The Morgan fingerprint density at radius 1 is 1.10 bits per heavy atom. The normalized spacial score (nSPS) is 13.4. The van der Waals surface area contributed by atoms with Crippen LogP contribution in [0.3, 0.4) is 0 Å². The van der Waals surface area contributed by atoms with Crippen LogP contribution in [0.15, 0.2) is 36.9 Å². The van der Waals surface area contributed by atoms with Crippen LogP contribution in [0, 0.1) is 0 Å². The van der Waals surface area contributed by atoms with Crippen molar-refractivity contribution in [3.63, 3.8) is 0 Å². The summed E-state index contributed by atoms with van der Waals surface area (Å²) in [6, 6.07) is 4.44. The summed E-state index contributed by atoms with van der Waals surface area (Å²) in [4.78, 5) is 15.3. The van der Waals surface area contributed by atoms with Crippen LogP contribution in [0.1, 0.15) is 50.7 Å². The lowest BCUT2D eigenvalue weighted by atomic mass is 9.96. The highest BCUT2D eigenvalue weighted by molar-refractivity contribution is 5.15. The molecular weight excluding hydrogens is 260 g/mol. The van der Waals surface area contributed by atoms with Crippen LogP contribution in [0.5, 0.6) is 0 Å². The first-order chi connectivity index (χ1) is 9.88. The van der Waals surface area contributed by atoms with Crippen LogP contribution in [-0.4, -0.2) is 26.9 Å². The quantitative estimate of drug-likeness (QED) is 0.863. The first-order valence-electron chi connectivity index (χ1n) is 7.29. The van der Waals surface area contributed by atoms with E-state index in [9.17, 15) is 0 Å². The van der Waals surface area contributed by atoms with Crippen LogP contribution < -0.4 is 0 Å². The molecule has 2 aromatic rings. The third-order valence-corrected chi connectivity index (χ3v) is 3.66. The third-order valence-electron chi connectivity index (χ3n) is 3.66. The smallest absolute Gasteiger partial charge is 0.133 e. The summed E-state index contributed by atoms with van der Waals surface area (Å²) >= 11 is 0. The van der Waals surface area contributed by atoms with Crippen molar-refractivity contribution in [1.29, 1.82) is 0 Å². The summed E-state index contributed by atoms with van der Waals surface area (Å²) in [6.07, 6.45) is 7.54. The first-order valence-corrected chi connectivity index (χ1v) is 7.29. The van der Waals surface area contributed by atoms with Gasteiger partial charge in [0.25, 0.3) is 0 Å². The zero-order chi connectivity index (χ0) is 15.5. The predicted molar refractivity (Wildman–Crippen MR) is 84.9 cm³/mol. The van der Waals surface area contributed by atoms with E-state index in [1.54, 1.807) is 0 Å². The van der Waals surface area contributed by atoms with Gasteiger partial charge in [-0.25, -0.2) is 9.97 Å². The van der Waals surface area contributed by atoms with Gasteiger partial charge >= 0.3 is 0 Å². The van der Waals surface area contributed by atoms with Crippen LogP contribution in [0.25, 0.3) is 0 Å². The van der Waals surface area contributed by atoms with Gasteiger partial charge in [0.15, 0.2) is 0 Å². The van der Waals surface area contributed by atoms with Crippen molar-refractivity contribution >= 4 is 0 Å². The molecule has 0 spiro atoms.